The van der Waals surface area contributed by atoms with Crippen molar-refractivity contribution in [2.45, 2.75) is 0 Å². The molecule has 0 fully saturated rings. The third-order valence-electron chi connectivity index (χ3n) is 1.45. The summed E-state index contributed by atoms with van der Waals surface area (Å²) in [5.41, 5.74) is 3.49. The molecule has 0 aliphatic rings. The molecule has 0 saturated heterocycles. The number of thiophene rings is 1. The fraction of sp³-hybridized carbons (Fsp3) is 0. The fourth-order valence-electron chi connectivity index (χ4n) is 0.901. The van der Waals surface area contributed by atoms with Crippen molar-refractivity contribution in [2.24, 2.45) is 5.84 Å². The molecule has 0 bridgehead atoms. The van der Waals surface area contributed by atoms with Gasteiger partial charge in [0.1, 0.15) is 0 Å². The Labute approximate surface area is 91.7 Å². The zero-order chi connectivity index (χ0) is 9.26. The highest BCUT2D eigenvalue weighted by atomic mass is 79.9. The maximum absolute atomic E-state index is 5.24. The van der Waals surface area contributed by atoms with Crippen LogP contribution in [-0.4, -0.2) is 4.98 Å². The van der Waals surface area contributed by atoms with Gasteiger partial charge < -0.3 is 0 Å². The van der Waals surface area contributed by atoms with Gasteiger partial charge in [0.15, 0.2) is 5.13 Å². The highest BCUT2D eigenvalue weighted by Crippen LogP contribution is 2.31. The molecular formula is C7H6BrN3S2. The molecule has 0 radical (unpaired) electrons. The molecule has 0 saturated carbocycles. The molecule has 3 nitrogen and oxygen atoms in total. The minimum absolute atomic E-state index is 0.736. The smallest absolute Gasteiger partial charge is 0.197 e. The Hall–Kier alpha value is -0.430. The van der Waals surface area contributed by atoms with Crippen molar-refractivity contribution in [3.63, 3.8) is 0 Å². The molecule has 3 N–H and O–H groups in total. The number of thiazole rings is 1. The van der Waals surface area contributed by atoms with Crippen LogP contribution in [0.1, 0.15) is 0 Å². The van der Waals surface area contributed by atoms with Crippen LogP contribution < -0.4 is 11.3 Å². The van der Waals surface area contributed by atoms with Gasteiger partial charge in [0.2, 0.25) is 0 Å². The van der Waals surface area contributed by atoms with Crippen molar-refractivity contribution in [2.75, 3.05) is 5.43 Å². The number of nitrogen functional groups attached to an aromatic ring is 1. The standard InChI is InChI=1S/C7H6BrN3S2/c8-4-1-6(12-2-4)5-3-13-7(10-5)11-9/h1-3H,9H2,(H,10,11). The number of hydrogen-bond donors (Lipinski definition) is 2. The molecule has 2 aromatic heterocycles. The largest absolute Gasteiger partial charge is 0.300 e. The Morgan fingerprint density at radius 2 is 2.23 bits per heavy atom. The molecule has 0 aliphatic carbocycles. The van der Waals surface area contributed by atoms with Crippen molar-refractivity contribution < 1.29 is 0 Å². The second kappa shape index (κ2) is 3.75. The summed E-state index contributed by atoms with van der Waals surface area (Å²) in [6.45, 7) is 0. The molecule has 0 aliphatic heterocycles. The van der Waals surface area contributed by atoms with Gasteiger partial charge in [-0.3, -0.25) is 5.43 Å². The Balaban J connectivity index is 2.35. The topological polar surface area (TPSA) is 50.9 Å². The normalized spacial score (nSPS) is 10.3. The van der Waals surface area contributed by atoms with Crippen molar-refractivity contribution >= 4 is 43.7 Å². The maximum atomic E-state index is 5.24. The lowest BCUT2D eigenvalue weighted by Gasteiger charge is -1.89. The van der Waals surface area contributed by atoms with Crippen molar-refractivity contribution in [1.82, 2.24) is 4.98 Å². The molecular weight excluding hydrogens is 270 g/mol. The Kier molecular flexibility index (Phi) is 2.63. The van der Waals surface area contributed by atoms with Crippen LogP contribution in [0.3, 0.4) is 0 Å². The Morgan fingerprint density at radius 1 is 1.38 bits per heavy atom. The van der Waals surface area contributed by atoms with Gasteiger partial charge in [-0.15, -0.1) is 22.7 Å². The van der Waals surface area contributed by atoms with Crippen LogP contribution in [-0.2, 0) is 0 Å². The average Bonchev–Trinajstić information content (AvgIpc) is 2.71. The number of hydrazine groups is 1. The minimum Gasteiger partial charge on any atom is -0.300 e. The molecule has 13 heavy (non-hydrogen) atoms. The van der Waals surface area contributed by atoms with Crippen LogP contribution in [0.2, 0.25) is 0 Å². The molecule has 0 aromatic carbocycles. The molecule has 6 heteroatoms. The van der Waals surface area contributed by atoms with Crippen LogP contribution in [0.15, 0.2) is 21.3 Å². The number of nitrogens with zero attached hydrogens (tertiary/aromatic N) is 1. The average molecular weight is 276 g/mol. The minimum atomic E-state index is 0.736. The van der Waals surface area contributed by atoms with Gasteiger partial charge in [-0.2, -0.15) is 0 Å². The maximum Gasteiger partial charge on any atom is 0.197 e. The third kappa shape index (κ3) is 1.91. The molecule has 2 rings (SSSR count). The van der Waals surface area contributed by atoms with E-state index in [0.29, 0.717) is 0 Å². The predicted molar refractivity (Wildman–Crippen MR) is 60.9 cm³/mol. The number of nitrogens with one attached hydrogen (secondary N) is 1. The zero-order valence-electron chi connectivity index (χ0n) is 6.45. The molecule has 2 aromatic rings. The van der Waals surface area contributed by atoms with Crippen LogP contribution >= 0.6 is 38.6 Å². The van der Waals surface area contributed by atoms with Gasteiger partial charge in [-0.05, 0) is 22.0 Å². The number of anilines is 1. The van der Waals surface area contributed by atoms with Crippen molar-refractivity contribution in [3.05, 3.63) is 21.3 Å². The Bertz CT molecular complexity index is 409. The zero-order valence-corrected chi connectivity index (χ0v) is 9.67. The summed E-state index contributed by atoms with van der Waals surface area (Å²) in [7, 11) is 0. The third-order valence-corrected chi connectivity index (χ3v) is 3.93. The van der Waals surface area contributed by atoms with Crippen molar-refractivity contribution in [3.8, 4) is 10.6 Å². The summed E-state index contributed by atoms with van der Waals surface area (Å²) in [4.78, 5) is 5.43. The summed E-state index contributed by atoms with van der Waals surface area (Å²) in [6.07, 6.45) is 0. The first kappa shape index (κ1) is 9.14. The summed E-state index contributed by atoms with van der Waals surface area (Å²) in [5, 5.41) is 4.75. The first-order valence-electron chi connectivity index (χ1n) is 3.46. The summed E-state index contributed by atoms with van der Waals surface area (Å²) in [6, 6.07) is 2.04. The number of nitrogens with two attached hydrogens (primary N) is 1. The molecule has 0 atom stereocenters. The van der Waals surface area contributed by atoms with Gasteiger partial charge in [0.25, 0.3) is 0 Å². The van der Waals surface area contributed by atoms with E-state index in [9.17, 15) is 0 Å². The predicted octanol–water partition coefficient (Wildman–Crippen LogP) is 2.92. The Morgan fingerprint density at radius 3 is 2.77 bits per heavy atom. The number of hydrogen-bond acceptors (Lipinski definition) is 5. The van der Waals surface area contributed by atoms with Crippen LogP contribution in [0.25, 0.3) is 10.6 Å². The second-order valence-corrected chi connectivity index (χ2v) is 5.00. The monoisotopic (exact) mass is 275 g/mol. The van der Waals surface area contributed by atoms with E-state index in [1.165, 1.54) is 11.3 Å². The highest BCUT2D eigenvalue weighted by molar-refractivity contribution is 9.10. The summed E-state index contributed by atoms with van der Waals surface area (Å²) >= 11 is 6.55. The molecule has 68 valence electrons. The molecule has 0 unspecified atom stereocenters. The highest BCUT2D eigenvalue weighted by Gasteiger charge is 2.05. The molecule has 0 amide bonds. The molecule has 0 spiro atoms. The SMILES string of the molecule is NNc1nc(-c2cc(Br)cs2)cs1. The van der Waals surface area contributed by atoms with E-state index < -0.39 is 0 Å². The van der Waals surface area contributed by atoms with E-state index in [-0.39, 0.29) is 0 Å². The van der Waals surface area contributed by atoms with Gasteiger partial charge in [0, 0.05) is 15.2 Å². The van der Waals surface area contributed by atoms with Gasteiger partial charge >= 0.3 is 0 Å². The second-order valence-electron chi connectivity index (χ2n) is 2.31. The van der Waals surface area contributed by atoms with Crippen LogP contribution in [0.4, 0.5) is 5.13 Å². The van der Waals surface area contributed by atoms with E-state index in [1.54, 1.807) is 11.3 Å². The van der Waals surface area contributed by atoms with Crippen LogP contribution in [0, 0.1) is 0 Å². The van der Waals surface area contributed by atoms with Crippen LogP contribution in [0.5, 0.6) is 0 Å². The van der Waals surface area contributed by atoms with Gasteiger partial charge in [-0.25, -0.2) is 10.8 Å². The van der Waals surface area contributed by atoms with Gasteiger partial charge in [0.05, 0.1) is 10.6 Å². The van der Waals surface area contributed by atoms with E-state index in [4.69, 9.17) is 5.84 Å². The first-order valence-corrected chi connectivity index (χ1v) is 6.01. The lowest BCUT2D eigenvalue weighted by molar-refractivity contribution is 1.29. The van der Waals surface area contributed by atoms with E-state index in [1.807, 2.05) is 16.8 Å². The fourth-order valence-corrected chi connectivity index (χ4v) is 2.99. The van der Waals surface area contributed by atoms with Crippen molar-refractivity contribution in [1.29, 1.82) is 0 Å². The van der Waals surface area contributed by atoms with E-state index in [0.717, 1.165) is 20.2 Å². The quantitative estimate of drug-likeness (QED) is 0.655. The first-order chi connectivity index (χ1) is 6.29. The van der Waals surface area contributed by atoms with E-state index in [2.05, 4.69) is 26.3 Å². The van der Waals surface area contributed by atoms with Gasteiger partial charge in [-0.1, -0.05) is 0 Å². The number of rotatable bonds is 2. The number of aromatic nitrogens is 1. The summed E-state index contributed by atoms with van der Waals surface area (Å²) in [5.74, 6) is 5.24. The molecule has 2 heterocycles. The summed E-state index contributed by atoms with van der Waals surface area (Å²) < 4.78 is 1.09. The lowest BCUT2D eigenvalue weighted by Crippen LogP contribution is -2.05. The lowest BCUT2D eigenvalue weighted by atomic mass is 10.4. The number of halogens is 1. The van der Waals surface area contributed by atoms with E-state index >= 15 is 0 Å².